The number of aliphatic hydroxyl groups is 3. The summed E-state index contributed by atoms with van der Waals surface area (Å²) in [7, 11) is 6.40. The second-order valence-electron chi connectivity index (χ2n) is 9.65. The first-order valence-electron chi connectivity index (χ1n) is 13.1. The summed E-state index contributed by atoms with van der Waals surface area (Å²) in [6, 6.07) is 15.5. The number of hydrogen-bond donors (Lipinski definition) is 3. The van der Waals surface area contributed by atoms with Crippen LogP contribution in [-0.2, 0) is 12.8 Å². The van der Waals surface area contributed by atoms with E-state index in [9.17, 15) is 15.3 Å². The largest absolute Gasteiger partial charge is 0.496 e. The zero-order chi connectivity index (χ0) is 27.9. The lowest BCUT2D eigenvalue weighted by Gasteiger charge is -2.22. The highest BCUT2D eigenvalue weighted by Crippen LogP contribution is 2.51. The molecular weight excluding hydrogens is 500 g/mol. The number of aliphatic hydroxyl groups excluding tert-OH is 3. The summed E-state index contributed by atoms with van der Waals surface area (Å²) in [5.74, 6) is 2.66. The van der Waals surface area contributed by atoms with Gasteiger partial charge in [0.25, 0.3) is 0 Å². The van der Waals surface area contributed by atoms with E-state index in [0.29, 0.717) is 48.0 Å². The van der Waals surface area contributed by atoms with Crippen molar-refractivity contribution in [3.8, 4) is 28.7 Å². The fourth-order valence-electron chi connectivity index (χ4n) is 5.34. The molecule has 39 heavy (non-hydrogen) atoms. The Hall–Kier alpha value is -3.46. The van der Waals surface area contributed by atoms with Gasteiger partial charge in [-0.3, -0.25) is 0 Å². The minimum atomic E-state index is -0.437. The van der Waals surface area contributed by atoms with Crippen molar-refractivity contribution in [2.45, 2.75) is 37.2 Å². The SMILES string of the molecule is COc1ccc(CC(CO)c2ccc(C3Oc4c(OC)cc(CCCO)cc4C3CO)cc2OC)cc1OC. The highest BCUT2D eigenvalue weighted by molar-refractivity contribution is 5.56. The molecule has 0 fully saturated rings. The lowest BCUT2D eigenvalue weighted by molar-refractivity contribution is 0.157. The molecule has 210 valence electrons. The molecule has 1 heterocycles. The molecule has 0 saturated heterocycles. The van der Waals surface area contributed by atoms with Gasteiger partial charge in [0.2, 0.25) is 0 Å². The molecule has 0 aromatic heterocycles. The van der Waals surface area contributed by atoms with Crippen molar-refractivity contribution in [1.29, 1.82) is 0 Å². The molecule has 3 aromatic carbocycles. The Bertz CT molecular complexity index is 1260. The molecule has 1 aliphatic heterocycles. The fourth-order valence-corrected chi connectivity index (χ4v) is 5.34. The molecule has 3 atom stereocenters. The highest BCUT2D eigenvalue weighted by Gasteiger charge is 2.38. The van der Waals surface area contributed by atoms with Crippen LogP contribution in [0.25, 0.3) is 0 Å². The van der Waals surface area contributed by atoms with Crippen LogP contribution in [0.1, 0.15) is 52.2 Å². The third kappa shape index (κ3) is 5.93. The van der Waals surface area contributed by atoms with E-state index in [1.807, 2.05) is 48.5 Å². The second-order valence-corrected chi connectivity index (χ2v) is 9.65. The Labute approximate surface area is 229 Å². The maximum Gasteiger partial charge on any atom is 0.165 e. The van der Waals surface area contributed by atoms with Gasteiger partial charge in [0.05, 0.1) is 47.6 Å². The second kappa shape index (κ2) is 13.1. The van der Waals surface area contributed by atoms with Crippen LogP contribution in [0.5, 0.6) is 28.7 Å². The van der Waals surface area contributed by atoms with Crippen LogP contribution in [0.15, 0.2) is 48.5 Å². The molecule has 0 bridgehead atoms. The van der Waals surface area contributed by atoms with Gasteiger partial charge in [-0.2, -0.15) is 0 Å². The Kier molecular flexibility index (Phi) is 9.56. The van der Waals surface area contributed by atoms with E-state index in [1.165, 1.54) is 0 Å². The average Bonchev–Trinajstić information content (AvgIpc) is 3.36. The Balaban J connectivity index is 1.63. The number of hydrogen-bond acceptors (Lipinski definition) is 8. The first-order chi connectivity index (χ1) is 19.0. The van der Waals surface area contributed by atoms with E-state index in [0.717, 1.165) is 27.8 Å². The zero-order valence-electron chi connectivity index (χ0n) is 23.0. The number of fused-ring (bicyclic) bond motifs is 1. The van der Waals surface area contributed by atoms with Gasteiger partial charge in [-0.15, -0.1) is 0 Å². The zero-order valence-corrected chi connectivity index (χ0v) is 23.0. The minimum Gasteiger partial charge on any atom is -0.496 e. The Morgan fingerprint density at radius 1 is 0.769 bits per heavy atom. The fraction of sp³-hybridized carbons (Fsp3) is 0.419. The smallest absolute Gasteiger partial charge is 0.165 e. The predicted octanol–water partition coefficient (Wildman–Crippen LogP) is 4.17. The quantitative estimate of drug-likeness (QED) is 0.298. The molecule has 0 amide bonds. The molecule has 0 radical (unpaired) electrons. The molecule has 0 saturated carbocycles. The van der Waals surface area contributed by atoms with Crippen molar-refractivity contribution in [2.75, 3.05) is 48.3 Å². The molecular formula is C31H38O8. The maximum atomic E-state index is 10.4. The third-order valence-electron chi connectivity index (χ3n) is 7.37. The van der Waals surface area contributed by atoms with E-state index < -0.39 is 6.10 Å². The van der Waals surface area contributed by atoms with Crippen LogP contribution >= 0.6 is 0 Å². The number of ether oxygens (including phenoxy) is 5. The van der Waals surface area contributed by atoms with E-state index in [1.54, 1.807) is 28.4 Å². The topological polar surface area (TPSA) is 107 Å². The molecule has 8 heteroatoms. The summed E-state index contributed by atoms with van der Waals surface area (Å²) in [5, 5.41) is 30.0. The molecule has 3 unspecified atom stereocenters. The van der Waals surface area contributed by atoms with Crippen molar-refractivity contribution in [1.82, 2.24) is 0 Å². The van der Waals surface area contributed by atoms with Gasteiger partial charge in [0.15, 0.2) is 23.0 Å². The molecule has 0 aliphatic carbocycles. The summed E-state index contributed by atoms with van der Waals surface area (Å²) >= 11 is 0. The predicted molar refractivity (Wildman–Crippen MR) is 148 cm³/mol. The minimum absolute atomic E-state index is 0.0670. The summed E-state index contributed by atoms with van der Waals surface area (Å²) in [5.41, 5.74) is 4.64. The van der Waals surface area contributed by atoms with Crippen molar-refractivity contribution >= 4 is 0 Å². The van der Waals surface area contributed by atoms with Crippen LogP contribution in [0.3, 0.4) is 0 Å². The average molecular weight is 539 g/mol. The van der Waals surface area contributed by atoms with Gasteiger partial charge in [0.1, 0.15) is 11.9 Å². The molecule has 3 aromatic rings. The van der Waals surface area contributed by atoms with Crippen LogP contribution in [-0.4, -0.2) is 63.6 Å². The summed E-state index contributed by atoms with van der Waals surface area (Å²) in [6.07, 6.45) is 1.48. The van der Waals surface area contributed by atoms with Crippen molar-refractivity contribution < 1.29 is 39.0 Å². The van der Waals surface area contributed by atoms with Crippen LogP contribution in [0.2, 0.25) is 0 Å². The lowest BCUT2D eigenvalue weighted by atomic mass is 9.87. The Morgan fingerprint density at radius 2 is 1.49 bits per heavy atom. The van der Waals surface area contributed by atoms with Crippen molar-refractivity contribution in [3.63, 3.8) is 0 Å². The Morgan fingerprint density at radius 3 is 2.13 bits per heavy atom. The van der Waals surface area contributed by atoms with E-state index in [-0.39, 0.29) is 31.7 Å². The van der Waals surface area contributed by atoms with E-state index in [2.05, 4.69) is 0 Å². The third-order valence-corrected chi connectivity index (χ3v) is 7.37. The van der Waals surface area contributed by atoms with Gasteiger partial charge in [-0.05, 0) is 65.8 Å². The lowest BCUT2D eigenvalue weighted by Crippen LogP contribution is -2.15. The summed E-state index contributed by atoms with van der Waals surface area (Å²) in [6.45, 7) is -0.0651. The maximum absolute atomic E-state index is 10.4. The van der Waals surface area contributed by atoms with Crippen molar-refractivity contribution in [3.05, 3.63) is 76.3 Å². The first kappa shape index (κ1) is 28.5. The van der Waals surface area contributed by atoms with Gasteiger partial charge in [-0.25, -0.2) is 0 Å². The highest BCUT2D eigenvalue weighted by atomic mass is 16.5. The molecule has 8 nitrogen and oxygen atoms in total. The molecule has 3 N–H and O–H groups in total. The van der Waals surface area contributed by atoms with Crippen LogP contribution in [0, 0.1) is 0 Å². The van der Waals surface area contributed by atoms with Gasteiger partial charge < -0.3 is 39.0 Å². The first-order valence-corrected chi connectivity index (χ1v) is 13.1. The van der Waals surface area contributed by atoms with Crippen LogP contribution in [0.4, 0.5) is 0 Å². The normalized spacial score (nSPS) is 16.8. The van der Waals surface area contributed by atoms with Gasteiger partial charge >= 0.3 is 0 Å². The van der Waals surface area contributed by atoms with Crippen LogP contribution < -0.4 is 23.7 Å². The number of aryl methyl sites for hydroxylation is 1. The van der Waals surface area contributed by atoms with Gasteiger partial charge in [-0.1, -0.05) is 24.3 Å². The molecule has 0 spiro atoms. The molecule has 1 aliphatic rings. The monoisotopic (exact) mass is 538 g/mol. The standard InChI is InChI=1S/C31H38O8/c1-35-26-10-7-20(14-28(26)37-3)12-22(17-33)23-9-8-21(16-27(23)36-2)30-25(18-34)24-13-19(6-5-11-32)15-29(38-4)31(24)39-30/h7-10,13-16,22,25,30,32-34H,5-6,11-12,17-18H2,1-4H3. The molecule has 4 rings (SSSR count). The number of benzene rings is 3. The number of methoxy groups -OCH3 is 4. The van der Waals surface area contributed by atoms with E-state index in [4.69, 9.17) is 23.7 Å². The van der Waals surface area contributed by atoms with Gasteiger partial charge in [0, 0.05) is 18.1 Å². The number of rotatable bonds is 13. The summed E-state index contributed by atoms with van der Waals surface area (Å²) in [4.78, 5) is 0. The summed E-state index contributed by atoms with van der Waals surface area (Å²) < 4.78 is 28.6. The van der Waals surface area contributed by atoms with Crippen molar-refractivity contribution in [2.24, 2.45) is 0 Å². The van der Waals surface area contributed by atoms with E-state index >= 15 is 0 Å².